The van der Waals surface area contributed by atoms with E-state index in [0.29, 0.717) is 11.6 Å². The molecule has 5 heteroatoms. The summed E-state index contributed by atoms with van der Waals surface area (Å²) < 4.78 is 1.92. The number of fused-ring (bicyclic) bond motifs is 1. The Labute approximate surface area is 196 Å². The van der Waals surface area contributed by atoms with Crippen molar-refractivity contribution in [3.8, 4) is 5.69 Å². The zero-order chi connectivity index (χ0) is 23.8. The van der Waals surface area contributed by atoms with Crippen LogP contribution >= 0.6 is 0 Å². The number of aromatic nitrogens is 1. The molecule has 0 atom stereocenters. The van der Waals surface area contributed by atoms with Gasteiger partial charge in [-0.05, 0) is 94.6 Å². The molecule has 0 saturated heterocycles. The van der Waals surface area contributed by atoms with Gasteiger partial charge in [0.05, 0.1) is 23.0 Å². The van der Waals surface area contributed by atoms with Crippen molar-refractivity contribution < 1.29 is 4.79 Å². The number of carbonyl (C=O) groups excluding carboxylic acids is 1. The molecule has 0 aliphatic carbocycles. The number of nitrogens with one attached hydrogen (secondary N) is 1. The number of carbonyl (C=O) groups is 1. The van der Waals surface area contributed by atoms with E-state index in [0.717, 1.165) is 16.8 Å². The first-order valence-electron chi connectivity index (χ1n) is 11.4. The number of hydrazone groups is 1. The normalized spacial score (nSPS) is 15.0. The lowest BCUT2D eigenvalue weighted by atomic mass is 9.86. The summed E-state index contributed by atoms with van der Waals surface area (Å²) in [6.45, 7) is 13.2. The van der Waals surface area contributed by atoms with Gasteiger partial charge in [0.2, 0.25) is 0 Å². The third-order valence-corrected chi connectivity index (χ3v) is 6.18. The molecule has 5 nitrogen and oxygen atoms in total. The predicted molar refractivity (Wildman–Crippen MR) is 137 cm³/mol. The Morgan fingerprint density at radius 1 is 1.03 bits per heavy atom. The van der Waals surface area contributed by atoms with E-state index >= 15 is 0 Å². The summed E-state index contributed by atoms with van der Waals surface area (Å²) in [5.74, 6) is -0.241. The van der Waals surface area contributed by atoms with Crippen LogP contribution in [-0.4, -0.2) is 28.3 Å². The van der Waals surface area contributed by atoms with Crippen LogP contribution in [0.1, 0.15) is 61.7 Å². The van der Waals surface area contributed by atoms with Gasteiger partial charge < -0.3 is 9.47 Å². The number of benzene rings is 2. The summed E-state index contributed by atoms with van der Waals surface area (Å²) in [5, 5.41) is 4.29. The molecule has 1 amide bonds. The molecule has 170 valence electrons. The van der Waals surface area contributed by atoms with Crippen molar-refractivity contribution in [2.75, 3.05) is 4.90 Å². The molecule has 1 aromatic heterocycles. The van der Waals surface area contributed by atoms with Crippen molar-refractivity contribution in [2.24, 2.45) is 5.10 Å². The molecule has 0 saturated carbocycles. The second-order valence-electron chi connectivity index (χ2n) is 9.48. The summed E-state index contributed by atoms with van der Waals surface area (Å²) >= 11 is 0. The molecule has 0 spiro atoms. The molecule has 0 bridgehead atoms. The van der Waals surface area contributed by atoms with Gasteiger partial charge in [0.1, 0.15) is 0 Å². The molecule has 3 aromatic rings. The molecule has 33 heavy (non-hydrogen) atoms. The van der Waals surface area contributed by atoms with E-state index in [1.54, 1.807) is 12.3 Å². The maximum Gasteiger partial charge on any atom is 0.273 e. The number of hydrogen-bond donors (Lipinski definition) is 1. The summed E-state index contributed by atoms with van der Waals surface area (Å²) in [5.41, 5.74) is 9.86. The van der Waals surface area contributed by atoms with Crippen LogP contribution in [0.3, 0.4) is 0 Å². The molecule has 0 fully saturated rings. The Hall–Kier alpha value is -3.60. The van der Waals surface area contributed by atoms with E-state index in [-0.39, 0.29) is 11.4 Å². The minimum Gasteiger partial charge on any atom is -0.360 e. The summed E-state index contributed by atoms with van der Waals surface area (Å²) in [6.07, 6.45) is 7.90. The smallest absolute Gasteiger partial charge is 0.273 e. The highest BCUT2D eigenvalue weighted by atomic mass is 16.2. The van der Waals surface area contributed by atoms with Crippen LogP contribution < -0.4 is 10.3 Å². The first-order chi connectivity index (χ1) is 15.7. The topological polar surface area (TPSA) is 49.6 Å². The quantitative estimate of drug-likeness (QED) is 0.393. The molecule has 0 unspecified atom stereocenters. The Morgan fingerprint density at radius 2 is 1.73 bits per heavy atom. The van der Waals surface area contributed by atoms with Crippen LogP contribution in [0.15, 0.2) is 72.1 Å². The standard InChI is InChI=1S/C28H32N4O/c1-19(2)32-26-15-20(3)22(16-24(26)21(4)17-28(32,5)6)18-29-30-27(33)23-11-7-8-12-25(23)31-13-9-10-14-31/h7-19H,1-6H3,(H,30,33)/b29-18+. The molecule has 1 aliphatic rings. The van der Waals surface area contributed by atoms with E-state index in [1.165, 1.54) is 16.8 Å². The van der Waals surface area contributed by atoms with Gasteiger partial charge in [-0.1, -0.05) is 18.2 Å². The molecule has 2 aromatic carbocycles. The largest absolute Gasteiger partial charge is 0.360 e. The Balaban J connectivity index is 1.60. The SMILES string of the molecule is CC1=CC(C)(C)N(C(C)C)c2cc(C)c(/C=N/NC(=O)c3ccccc3-n3cccc3)cc21. The van der Waals surface area contributed by atoms with Crippen molar-refractivity contribution in [3.63, 3.8) is 0 Å². The number of allylic oxidation sites excluding steroid dienone is 1. The maximum atomic E-state index is 12.9. The van der Waals surface area contributed by atoms with Crippen molar-refractivity contribution in [3.05, 3.63) is 89.3 Å². The monoisotopic (exact) mass is 440 g/mol. The second-order valence-corrected chi connectivity index (χ2v) is 9.48. The lowest BCUT2D eigenvalue weighted by Gasteiger charge is -2.46. The van der Waals surface area contributed by atoms with Crippen molar-refractivity contribution in [1.82, 2.24) is 9.99 Å². The van der Waals surface area contributed by atoms with E-state index in [9.17, 15) is 4.79 Å². The fraction of sp³-hybridized carbons (Fsp3) is 0.286. The van der Waals surface area contributed by atoms with Crippen molar-refractivity contribution >= 4 is 23.4 Å². The average Bonchev–Trinajstić information content (AvgIpc) is 3.28. The molecular formula is C28H32N4O. The molecule has 4 rings (SSSR count). The van der Waals surface area contributed by atoms with E-state index in [2.05, 4.69) is 75.2 Å². The molecule has 0 radical (unpaired) electrons. The van der Waals surface area contributed by atoms with E-state index in [1.807, 2.05) is 47.3 Å². The second kappa shape index (κ2) is 8.74. The predicted octanol–water partition coefficient (Wildman–Crippen LogP) is 5.96. The summed E-state index contributed by atoms with van der Waals surface area (Å²) in [4.78, 5) is 15.3. The van der Waals surface area contributed by atoms with Crippen molar-refractivity contribution in [2.45, 2.75) is 53.1 Å². The lowest BCUT2D eigenvalue weighted by molar-refractivity contribution is 0.0955. The Bertz CT molecular complexity index is 1230. The van der Waals surface area contributed by atoms with Gasteiger partial charge in [0.25, 0.3) is 5.91 Å². The van der Waals surface area contributed by atoms with Crippen LogP contribution in [0.2, 0.25) is 0 Å². The number of rotatable bonds is 5. The number of hydrogen-bond acceptors (Lipinski definition) is 3. The van der Waals surface area contributed by atoms with Crippen LogP contribution in [-0.2, 0) is 0 Å². The van der Waals surface area contributed by atoms with Crippen LogP contribution in [0.25, 0.3) is 11.3 Å². The average molecular weight is 441 g/mol. The highest BCUT2D eigenvalue weighted by molar-refractivity contribution is 5.98. The molecule has 1 N–H and O–H groups in total. The van der Waals surface area contributed by atoms with Gasteiger partial charge in [-0.25, -0.2) is 5.43 Å². The first-order valence-corrected chi connectivity index (χ1v) is 11.4. The van der Waals surface area contributed by atoms with Gasteiger partial charge in [0, 0.05) is 29.7 Å². The molecule has 2 heterocycles. The maximum absolute atomic E-state index is 12.9. The number of aryl methyl sites for hydroxylation is 1. The van der Waals surface area contributed by atoms with Gasteiger partial charge in [-0.3, -0.25) is 4.79 Å². The first kappa shape index (κ1) is 22.6. The minimum absolute atomic E-state index is 0.0472. The molecule has 1 aliphatic heterocycles. The Morgan fingerprint density at radius 3 is 2.42 bits per heavy atom. The van der Waals surface area contributed by atoms with Crippen LogP contribution in [0.5, 0.6) is 0 Å². The number of para-hydroxylation sites is 1. The highest BCUT2D eigenvalue weighted by Gasteiger charge is 2.33. The highest BCUT2D eigenvalue weighted by Crippen LogP contribution is 2.41. The number of nitrogens with zero attached hydrogens (tertiary/aromatic N) is 3. The summed E-state index contributed by atoms with van der Waals surface area (Å²) in [6, 6.07) is 16.2. The van der Waals surface area contributed by atoms with E-state index < -0.39 is 0 Å². The summed E-state index contributed by atoms with van der Waals surface area (Å²) in [7, 11) is 0. The van der Waals surface area contributed by atoms with Gasteiger partial charge >= 0.3 is 0 Å². The van der Waals surface area contributed by atoms with Gasteiger partial charge in [-0.15, -0.1) is 0 Å². The molecular weight excluding hydrogens is 408 g/mol. The third-order valence-electron chi connectivity index (χ3n) is 6.18. The fourth-order valence-electron chi connectivity index (χ4n) is 4.90. The van der Waals surface area contributed by atoms with Crippen LogP contribution in [0.4, 0.5) is 5.69 Å². The fourth-order valence-corrected chi connectivity index (χ4v) is 4.90. The third kappa shape index (κ3) is 4.36. The minimum atomic E-state index is -0.241. The lowest BCUT2D eigenvalue weighted by Crippen LogP contribution is -2.49. The number of anilines is 1. The van der Waals surface area contributed by atoms with E-state index in [4.69, 9.17) is 0 Å². The van der Waals surface area contributed by atoms with Crippen molar-refractivity contribution in [1.29, 1.82) is 0 Å². The zero-order valence-electron chi connectivity index (χ0n) is 20.3. The van der Waals surface area contributed by atoms with Crippen LogP contribution in [0, 0.1) is 6.92 Å². The number of amides is 1. The Kier molecular flexibility index (Phi) is 5.98. The van der Waals surface area contributed by atoms with Gasteiger partial charge in [0.15, 0.2) is 0 Å². The zero-order valence-corrected chi connectivity index (χ0v) is 20.3. The van der Waals surface area contributed by atoms with Gasteiger partial charge in [-0.2, -0.15) is 5.10 Å².